The van der Waals surface area contributed by atoms with Gasteiger partial charge >= 0.3 is 0 Å². The lowest BCUT2D eigenvalue weighted by atomic mass is 10.1. The van der Waals surface area contributed by atoms with Crippen molar-refractivity contribution in [3.63, 3.8) is 0 Å². The molecule has 0 radical (unpaired) electrons. The van der Waals surface area contributed by atoms with Crippen LogP contribution in [-0.4, -0.2) is 35.6 Å². The lowest BCUT2D eigenvalue weighted by Crippen LogP contribution is -2.38. The second kappa shape index (κ2) is 5.97. The molecule has 1 atom stereocenters. The molecule has 88 valence electrons. The van der Waals surface area contributed by atoms with E-state index in [0.717, 1.165) is 13.1 Å². The number of nitrogens with zero attached hydrogens (tertiary/aromatic N) is 2. The summed E-state index contributed by atoms with van der Waals surface area (Å²) >= 11 is 0. The molecule has 1 aromatic heterocycles. The minimum absolute atomic E-state index is 0.645. The third-order valence-corrected chi connectivity index (χ3v) is 3.13. The van der Waals surface area contributed by atoms with E-state index in [0.29, 0.717) is 6.04 Å². The molecule has 0 bridgehead atoms. The van der Waals surface area contributed by atoms with Gasteiger partial charge in [0.25, 0.3) is 0 Å². The first-order chi connectivity index (χ1) is 7.84. The number of pyridine rings is 1. The molecule has 0 amide bonds. The topological polar surface area (TPSA) is 28.2 Å². The van der Waals surface area contributed by atoms with Crippen LogP contribution in [0.25, 0.3) is 0 Å². The zero-order chi connectivity index (χ0) is 11.2. The summed E-state index contributed by atoms with van der Waals surface area (Å²) in [5.41, 5.74) is 1.18. The standard InChI is InChI=1S/C13H21N3/c1-12-6-10-16(9-4-8-14-12)11-13-5-2-3-7-15-13/h2-3,5,7,12,14H,4,6,8-11H2,1H3. The van der Waals surface area contributed by atoms with Crippen molar-refractivity contribution in [2.75, 3.05) is 19.6 Å². The second-order valence-corrected chi connectivity index (χ2v) is 4.59. The van der Waals surface area contributed by atoms with Crippen molar-refractivity contribution in [3.8, 4) is 0 Å². The summed E-state index contributed by atoms with van der Waals surface area (Å²) in [5, 5.41) is 3.53. The van der Waals surface area contributed by atoms with Gasteiger partial charge in [-0.15, -0.1) is 0 Å². The smallest absolute Gasteiger partial charge is 0.0543 e. The van der Waals surface area contributed by atoms with Gasteiger partial charge in [-0.05, 0) is 45.0 Å². The monoisotopic (exact) mass is 219 g/mol. The highest BCUT2D eigenvalue weighted by Crippen LogP contribution is 2.06. The highest BCUT2D eigenvalue weighted by atomic mass is 15.1. The Kier molecular flexibility index (Phi) is 4.31. The van der Waals surface area contributed by atoms with Crippen molar-refractivity contribution in [3.05, 3.63) is 30.1 Å². The van der Waals surface area contributed by atoms with Crippen molar-refractivity contribution in [1.82, 2.24) is 15.2 Å². The van der Waals surface area contributed by atoms with Gasteiger partial charge in [0.2, 0.25) is 0 Å². The van der Waals surface area contributed by atoms with E-state index in [4.69, 9.17) is 0 Å². The van der Waals surface area contributed by atoms with Crippen LogP contribution in [-0.2, 0) is 6.54 Å². The maximum atomic E-state index is 4.39. The molecule has 16 heavy (non-hydrogen) atoms. The van der Waals surface area contributed by atoms with Gasteiger partial charge in [-0.3, -0.25) is 9.88 Å². The van der Waals surface area contributed by atoms with E-state index in [9.17, 15) is 0 Å². The number of hydrogen-bond acceptors (Lipinski definition) is 3. The van der Waals surface area contributed by atoms with Crippen LogP contribution in [0.15, 0.2) is 24.4 Å². The molecule has 1 unspecified atom stereocenters. The van der Waals surface area contributed by atoms with E-state index >= 15 is 0 Å². The molecule has 0 spiro atoms. The minimum atomic E-state index is 0.645. The van der Waals surface area contributed by atoms with Crippen LogP contribution >= 0.6 is 0 Å². The summed E-state index contributed by atoms with van der Waals surface area (Å²) in [5.74, 6) is 0. The van der Waals surface area contributed by atoms with Crippen LogP contribution in [0.3, 0.4) is 0 Å². The molecule has 1 saturated heterocycles. The second-order valence-electron chi connectivity index (χ2n) is 4.59. The zero-order valence-electron chi connectivity index (χ0n) is 10.0. The molecular weight excluding hydrogens is 198 g/mol. The number of rotatable bonds is 2. The van der Waals surface area contributed by atoms with Crippen LogP contribution < -0.4 is 5.32 Å². The van der Waals surface area contributed by atoms with Crippen molar-refractivity contribution in [2.24, 2.45) is 0 Å². The van der Waals surface area contributed by atoms with E-state index < -0.39 is 0 Å². The van der Waals surface area contributed by atoms with Crippen molar-refractivity contribution in [2.45, 2.75) is 32.4 Å². The Morgan fingerprint density at radius 1 is 1.44 bits per heavy atom. The SMILES string of the molecule is CC1CCN(Cc2ccccn2)CCCN1. The molecule has 1 aliphatic heterocycles. The molecule has 1 fully saturated rings. The summed E-state index contributed by atoms with van der Waals surface area (Å²) in [4.78, 5) is 6.90. The van der Waals surface area contributed by atoms with Gasteiger partial charge in [-0.25, -0.2) is 0 Å². The fraction of sp³-hybridized carbons (Fsp3) is 0.615. The molecule has 0 aromatic carbocycles. The quantitative estimate of drug-likeness (QED) is 0.820. The highest BCUT2D eigenvalue weighted by Gasteiger charge is 2.11. The Morgan fingerprint density at radius 2 is 2.38 bits per heavy atom. The molecule has 2 rings (SSSR count). The van der Waals surface area contributed by atoms with Crippen LogP contribution in [0.5, 0.6) is 0 Å². The predicted molar refractivity (Wildman–Crippen MR) is 66.2 cm³/mol. The molecule has 3 heteroatoms. The van der Waals surface area contributed by atoms with Gasteiger partial charge in [-0.2, -0.15) is 0 Å². The maximum Gasteiger partial charge on any atom is 0.0543 e. The summed E-state index contributed by atoms with van der Waals surface area (Å²) in [6, 6.07) is 6.80. The van der Waals surface area contributed by atoms with Gasteiger partial charge < -0.3 is 5.32 Å². The minimum Gasteiger partial charge on any atom is -0.314 e. The Balaban J connectivity index is 1.88. The number of hydrogen-bond donors (Lipinski definition) is 1. The summed E-state index contributed by atoms with van der Waals surface area (Å²) in [7, 11) is 0. The normalized spacial score (nSPS) is 23.7. The van der Waals surface area contributed by atoms with Crippen LogP contribution in [0.4, 0.5) is 0 Å². The Labute approximate surface area is 97.9 Å². The molecule has 1 aromatic rings. The molecule has 1 N–H and O–H groups in total. The summed E-state index contributed by atoms with van der Waals surface area (Å²) < 4.78 is 0. The zero-order valence-corrected chi connectivity index (χ0v) is 10.0. The van der Waals surface area contributed by atoms with E-state index in [1.54, 1.807) is 0 Å². The van der Waals surface area contributed by atoms with Gasteiger partial charge in [-0.1, -0.05) is 6.07 Å². The first-order valence-corrected chi connectivity index (χ1v) is 6.20. The lowest BCUT2D eigenvalue weighted by molar-refractivity contribution is 0.227. The largest absolute Gasteiger partial charge is 0.314 e. The lowest BCUT2D eigenvalue weighted by Gasteiger charge is -2.27. The first-order valence-electron chi connectivity index (χ1n) is 6.20. The van der Waals surface area contributed by atoms with Gasteiger partial charge in [0.15, 0.2) is 0 Å². The number of aromatic nitrogens is 1. The van der Waals surface area contributed by atoms with Gasteiger partial charge in [0.05, 0.1) is 5.69 Å². The first kappa shape index (κ1) is 11.6. The van der Waals surface area contributed by atoms with Crippen molar-refractivity contribution >= 4 is 0 Å². The maximum absolute atomic E-state index is 4.39. The molecule has 0 saturated carbocycles. The molecule has 1 aliphatic rings. The predicted octanol–water partition coefficient (Wildman–Crippen LogP) is 1.66. The highest BCUT2D eigenvalue weighted by molar-refractivity contribution is 5.03. The van der Waals surface area contributed by atoms with Crippen LogP contribution in [0, 0.1) is 0 Å². The average molecular weight is 219 g/mol. The van der Waals surface area contributed by atoms with Crippen LogP contribution in [0.1, 0.15) is 25.5 Å². The van der Waals surface area contributed by atoms with Gasteiger partial charge in [0, 0.05) is 25.3 Å². The third-order valence-electron chi connectivity index (χ3n) is 3.13. The van der Waals surface area contributed by atoms with Gasteiger partial charge in [0.1, 0.15) is 0 Å². The Hall–Kier alpha value is -0.930. The number of nitrogens with one attached hydrogen (secondary N) is 1. The molecule has 0 aliphatic carbocycles. The van der Waals surface area contributed by atoms with Crippen molar-refractivity contribution < 1.29 is 0 Å². The van der Waals surface area contributed by atoms with E-state index in [1.165, 1.54) is 31.6 Å². The summed E-state index contributed by atoms with van der Waals surface area (Å²) in [6.07, 6.45) is 4.34. The molecular formula is C13H21N3. The molecule has 3 nitrogen and oxygen atoms in total. The average Bonchev–Trinajstić information content (AvgIpc) is 2.30. The summed E-state index contributed by atoms with van der Waals surface area (Å²) in [6.45, 7) is 6.75. The van der Waals surface area contributed by atoms with E-state index in [-0.39, 0.29) is 0 Å². The fourth-order valence-corrected chi connectivity index (χ4v) is 2.12. The molecule has 2 heterocycles. The third kappa shape index (κ3) is 3.58. The van der Waals surface area contributed by atoms with Crippen LogP contribution in [0.2, 0.25) is 0 Å². The fourth-order valence-electron chi connectivity index (χ4n) is 2.12. The van der Waals surface area contributed by atoms with Crippen molar-refractivity contribution in [1.29, 1.82) is 0 Å². The Morgan fingerprint density at radius 3 is 3.19 bits per heavy atom. The Bertz CT molecular complexity index is 299. The van der Waals surface area contributed by atoms with E-state index in [1.807, 2.05) is 12.3 Å². The van der Waals surface area contributed by atoms with E-state index in [2.05, 4.69) is 34.3 Å².